The molecule has 2 aromatic rings. The molecule has 2 heterocycles. The number of phenolic OH excluding ortho intramolecular Hbond substituents is 1. The van der Waals surface area contributed by atoms with Gasteiger partial charge in [0.05, 0.1) is 19.8 Å². The first-order valence-electron chi connectivity index (χ1n) is 18.2. The van der Waals surface area contributed by atoms with Crippen LogP contribution in [0.5, 0.6) is 17.2 Å². The lowest BCUT2D eigenvalue weighted by molar-refractivity contribution is -0.136. The summed E-state index contributed by atoms with van der Waals surface area (Å²) in [6.45, 7) is 21.3. The molecule has 0 fully saturated rings. The van der Waals surface area contributed by atoms with E-state index in [1.807, 2.05) is 26.8 Å². The number of carbonyl (C=O) groups excluding carboxylic acids is 2. The fourth-order valence-electron chi connectivity index (χ4n) is 6.66. The summed E-state index contributed by atoms with van der Waals surface area (Å²) < 4.78 is 21.6. The number of carboxylic acids is 1. The zero-order valence-corrected chi connectivity index (χ0v) is 33.7. The molecule has 9 nitrogen and oxygen atoms in total. The van der Waals surface area contributed by atoms with E-state index >= 15 is 0 Å². The first-order valence-corrected chi connectivity index (χ1v) is 18.2. The maximum atomic E-state index is 12.6. The highest BCUT2D eigenvalue weighted by Gasteiger charge is 2.36. The highest BCUT2D eigenvalue weighted by molar-refractivity contribution is 5.98. The van der Waals surface area contributed by atoms with Gasteiger partial charge in [0.15, 0.2) is 0 Å². The number of carboxylic acid groups (broad SMARTS) is 1. The number of cyclic esters (lactones) is 2. The largest absolute Gasteiger partial charge is 0.507 e. The summed E-state index contributed by atoms with van der Waals surface area (Å²) in [5.41, 5.74) is 12.5. The number of ether oxygens (including phenoxy) is 4. The topological polar surface area (TPSA) is 129 Å². The third kappa shape index (κ3) is 10.7. The van der Waals surface area contributed by atoms with Crippen LogP contribution in [0.15, 0.2) is 41.2 Å². The molecule has 0 amide bonds. The highest BCUT2D eigenvalue weighted by atomic mass is 16.5. The van der Waals surface area contributed by atoms with E-state index in [0.717, 1.165) is 64.0 Å². The van der Waals surface area contributed by atoms with Crippen molar-refractivity contribution in [3.63, 3.8) is 0 Å². The number of methoxy groups -OCH3 is 2. The van der Waals surface area contributed by atoms with E-state index in [2.05, 4.69) is 72.4 Å². The SMILES string of the molecule is COc1c(C)c2c(c(C(C)(C)C)c1C/C=C(\C)CCC=C=CC(C)(C)C)C(=O)OC2.COc1c(C)c2c(c(O)c1C/C=C(\C)CCC(=O)O)C(=O)OC2. The van der Waals surface area contributed by atoms with E-state index in [-0.39, 0.29) is 41.1 Å². The lowest BCUT2D eigenvalue weighted by Crippen LogP contribution is -2.21. The standard InChI is InChI=1S/C27H38O3.C17H20O6/c1-18(13-11-10-12-16-26(3,4)5)14-15-20-23(27(6,7)8)22-21(17-30-25(22)28)19(2)24(20)29-9;1-9(5-7-13(18)19)4-6-11-15(20)14-12(8-23-17(14)21)10(2)16(11)22-3/h10,14,16H,11,13,15,17H2,1-9H3;4,20H,5-8H2,1-3H3,(H,18,19)/b18-14+;9-4+. The van der Waals surface area contributed by atoms with Crippen molar-refractivity contribution in [1.82, 2.24) is 0 Å². The molecule has 0 atom stereocenters. The Morgan fingerprint density at radius 3 is 1.79 bits per heavy atom. The van der Waals surface area contributed by atoms with Crippen LogP contribution in [0.3, 0.4) is 0 Å². The van der Waals surface area contributed by atoms with E-state index in [1.54, 1.807) is 7.11 Å². The molecular formula is C44H58O9. The maximum absolute atomic E-state index is 12.6. The molecule has 0 saturated carbocycles. The summed E-state index contributed by atoms with van der Waals surface area (Å²) in [5.74, 6) is -0.299. The Hall–Kier alpha value is -4.75. The van der Waals surface area contributed by atoms with Crippen LogP contribution in [-0.2, 0) is 45.7 Å². The first kappa shape index (κ1) is 42.7. The number of rotatable bonds is 12. The summed E-state index contributed by atoms with van der Waals surface area (Å²) in [6, 6.07) is 0. The molecule has 2 aliphatic rings. The Labute approximate surface area is 315 Å². The van der Waals surface area contributed by atoms with Crippen molar-refractivity contribution in [2.24, 2.45) is 5.41 Å². The molecule has 288 valence electrons. The number of esters is 2. The second-order valence-corrected chi connectivity index (χ2v) is 15.9. The van der Waals surface area contributed by atoms with Crippen molar-refractivity contribution in [2.75, 3.05) is 14.2 Å². The summed E-state index contributed by atoms with van der Waals surface area (Å²) in [6.07, 6.45) is 11.9. The molecule has 2 aromatic carbocycles. The molecule has 0 saturated heterocycles. The van der Waals surface area contributed by atoms with Gasteiger partial charge in [0.25, 0.3) is 0 Å². The average molecular weight is 731 g/mol. The van der Waals surface area contributed by atoms with Crippen molar-refractivity contribution in [1.29, 1.82) is 0 Å². The number of hydrogen-bond acceptors (Lipinski definition) is 8. The molecule has 2 N–H and O–H groups in total. The van der Waals surface area contributed by atoms with Crippen LogP contribution in [-0.4, -0.2) is 42.3 Å². The molecule has 0 unspecified atom stereocenters. The Balaban J connectivity index is 0.000000295. The minimum absolute atomic E-state index is 0.0565. The van der Waals surface area contributed by atoms with Gasteiger partial charge in [0.1, 0.15) is 36.0 Å². The molecule has 0 bridgehead atoms. The second kappa shape index (κ2) is 17.8. The van der Waals surface area contributed by atoms with Gasteiger partial charge in [0, 0.05) is 28.7 Å². The zero-order valence-electron chi connectivity index (χ0n) is 33.7. The summed E-state index contributed by atoms with van der Waals surface area (Å²) >= 11 is 0. The lowest BCUT2D eigenvalue weighted by Gasteiger charge is -2.28. The van der Waals surface area contributed by atoms with E-state index < -0.39 is 11.9 Å². The fourth-order valence-corrected chi connectivity index (χ4v) is 6.66. The number of fused-ring (bicyclic) bond motifs is 2. The van der Waals surface area contributed by atoms with Crippen LogP contribution in [0.1, 0.15) is 141 Å². The molecule has 0 spiro atoms. The number of phenols is 1. The van der Waals surface area contributed by atoms with Crippen LogP contribution in [0.2, 0.25) is 0 Å². The van der Waals surface area contributed by atoms with Crippen molar-refractivity contribution in [2.45, 2.75) is 126 Å². The molecule has 9 heteroatoms. The van der Waals surface area contributed by atoms with Gasteiger partial charge in [-0.1, -0.05) is 64.8 Å². The van der Waals surface area contributed by atoms with Gasteiger partial charge in [-0.2, -0.15) is 0 Å². The zero-order chi connectivity index (χ0) is 39.8. The number of carbonyl (C=O) groups is 3. The molecule has 4 rings (SSSR count). The van der Waals surface area contributed by atoms with E-state index in [1.165, 1.54) is 12.7 Å². The normalized spacial score (nSPS) is 14.0. The van der Waals surface area contributed by atoms with E-state index in [0.29, 0.717) is 36.3 Å². The summed E-state index contributed by atoms with van der Waals surface area (Å²) in [4.78, 5) is 35.0. The molecule has 2 aliphatic heterocycles. The van der Waals surface area contributed by atoms with Crippen molar-refractivity contribution < 1.29 is 43.5 Å². The van der Waals surface area contributed by atoms with Crippen LogP contribution in [0.4, 0.5) is 0 Å². The number of benzene rings is 2. The highest BCUT2D eigenvalue weighted by Crippen LogP contribution is 2.44. The Bertz CT molecular complexity index is 1850. The molecule has 0 aromatic heterocycles. The summed E-state index contributed by atoms with van der Waals surface area (Å²) in [7, 11) is 3.22. The maximum Gasteiger partial charge on any atom is 0.342 e. The summed E-state index contributed by atoms with van der Waals surface area (Å²) in [5, 5.41) is 19.1. The average Bonchev–Trinajstić information content (AvgIpc) is 3.65. The number of hydrogen-bond donors (Lipinski definition) is 2. The van der Waals surface area contributed by atoms with Gasteiger partial charge in [0.2, 0.25) is 0 Å². The smallest absolute Gasteiger partial charge is 0.342 e. The van der Waals surface area contributed by atoms with Gasteiger partial charge in [-0.3, -0.25) is 4.79 Å². The van der Waals surface area contributed by atoms with Gasteiger partial charge < -0.3 is 29.2 Å². The predicted molar refractivity (Wildman–Crippen MR) is 207 cm³/mol. The van der Waals surface area contributed by atoms with Crippen LogP contribution in [0, 0.1) is 19.3 Å². The monoisotopic (exact) mass is 730 g/mol. The van der Waals surface area contributed by atoms with E-state index in [9.17, 15) is 19.5 Å². The van der Waals surface area contributed by atoms with Gasteiger partial charge in [-0.05, 0) is 99.5 Å². The van der Waals surface area contributed by atoms with Crippen LogP contribution >= 0.6 is 0 Å². The van der Waals surface area contributed by atoms with Gasteiger partial charge in [-0.15, -0.1) is 5.73 Å². The number of aliphatic carboxylic acids is 1. The predicted octanol–water partition coefficient (Wildman–Crippen LogP) is 9.73. The van der Waals surface area contributed by atoms with Crippen LogP contribution in [0.25, 0.3) is 0 Å². The van der Waals surface area contributed by atoms with Crippen molar-refractivity contribution in [3.8, 4) is 17.2 Å². The van der Waals surface area contributed by atoms with Crippen molar-refractivity contribution >= 4 is 17.9 Å². The van der Waals surface area contributed by atoms with Gasteiger partial charge in [-0.25, -0.2) is 9.59 Å². The Morgan fingerprint density at radius 2 is 1.28 bits per heavy atom. The first-order chi connectivity index (χ1) is 24.7. The molecule has 0 radical (unpaired) electrons. The lowest BCUT2D eigenvalue weighted by atomic mass is 9.77. The fraction of sp³-hybridized carbons (Fsp3) is 0.500. The minimum Gasteiger partial charge on any atom is -0.507 e. The number of aromatic hydroxyl groups is 1. The Morgan fingerprint density at radius 1 is 0.792 bits per heavy atom. The molecule has 0 aliphatic carbocycles. The molecular weight excluding hydrogens is 672 g/mol. The third-order valence-corrected chi connectivity index (χ3v) is 9.43. The van der Waals surface area contributed by atoms with Crippen molar-refractivity contribution in [3.05, 3.63) is 91.3 Å². The number of allylic oxidation sites excluding steroid dienone is 5. The Kier molecular flexibility index (Phi) is 14.4. The second-order valence-electron chi connectivity index (χ2n) is 15.9. The minimum atomic E-state index is -0.853. The quantitative estimate of drug-likeness (QED) is 0.125. The van der Waals surface area contributed by atoms with Gasteiger partial charge >= 0.3 is 17.9 Å². The van der Waals surface area contributed by atoms with E-state index in [4.69, 9.17) is 24.1 Å². The third-order valence-electron chi connectivity index (χ3n) is 9.43. The van der Waals surface area contributed by atoms with Crippen LogP contribution < -0.4 is 9.47 Å². The molecule has 53 heavy (non-hydrogen) atoms.